The van der Waals surface area contributed by atoms with Crippen LogP contribution in [-0.4, -0.2) is 27.3 Å². The van der Waals surface area contributed by atoms with Crippen LogP contribution in [0.2, 0.25) is 0 Å². The molecule has 3 N–H and O–H groups in total. The third-order valence-electron chi connectivity index (χ3n) is 3.24. The zero-order valence-corrected chi connectivity index (χ0v) is 12.1. The van der Waals surface area contributed by atoms with Crippen LogP contribution < -0.4 is 10.1 Å². The van der Waals surface area contributed by atoms with Gasteiger partial charge in [-0.05, 0) is 18.6 Å². The molecule has 2 rings (SSSR count). The molecule has 0 radical (unpaired) electrons. The van der Waals surface area contributed by atoms with E-state index in [1.165, 1.54) is 0 Å². The van der Waals surface area contributed by atoms with Crippen LogP contribution in [-0.2, 0) is 19.7 Å². The van der Waals surface area contributed by atoms with Gasteiger partial charge in [0.15, 0.2) is 0 Å². The lowest BCUT2D eigenvalue weighted by atomic mass is 10.1. The van der Waals surface area contributed by atoms with Crippen LogP contribution in [0.25, 0.3) is 0 Å². The van der Waals surface area contributed by atoms with Crippen molar-refractivity contribution in [3.05, 3.63) is 46.9 Å². The molecule has 0 aliphatic heterocycles. The molecule has 0 fully saturated rings. The summed E-state index contributed by atoms with van der Waals surface area (Å²) in [7, 11) is 1.57. The fourth-order valence-electron chi connectivity index (χ4n) is 2.02. The summed E-state index contributed by atoms with van der Waals surface area (Å²) < 4.78 is 5.07. The highest BCUT2D eigenvalue weighted by molar-refractivity contribution is 5.40. The van der Waals surface area contributed by atoms with E-state index in [0.29, 0.717) is 35.8 Å². The molecule has 0 aliphatic carbocycles. The number of aliphatic hydroxyl groups excluding tert-OH is 1. The Kier molecular flexibility index (Phi) is 5.08. The average molecular weight is 289 g/mol. The number of nitrogens with zero attached hydrogens (tertiary/aromatic N) is 2. The van der Waals surface area contributed by atoms with Crippen LogP contribution in [0.4, 0.5) is 0 Å². The second kappa shape index (κ2) is 7.01. The molecule has 0 unspecified atom stereocenters. The van der Waals surface area contributed by atoms with Gasteiger partial charge in [-0.25, -0.2) is 4.98 Å². The smallest absolute Gasteiger partial charge is 0.213 e. The van der Waals surface area contributed by atoms with Crippen molar-refractivity contribution in [1.29, 1.82) is 0 Å². The van der Waals surface area contributed by atoms with Crippen molar-refractivity contribution in [3.63, 3.8) is 0 Å². The SMILES string of the molecule is COc1cc(CNCc2c(CO)cnc(C)c2O)ccn1. The fourth-order valence-corrected chi connectivity index (χ4v) is 2.02. The fraction of sp³-hybridized carbons (Fsp3) is 0.333. The van der Waals surface area contributed by atoms with Crippen molar-refractivity contribution in [3.8, 4) is 11.6 Å². The van der Waals surface area contributed by atoms with Gasteiger partial charge in [-0.1, -0.05) is 0 Å². The lowest BCUT2D eigenvalue weighted by molar-refractivity contribution is 0.278. The van der Waals surface area contributed by atoms with Crippen LogP contribution in [0.1, 0.15) is 22.4 Å². The normalized spacial score (nSPS) is 10.6. The lowest BCUT2D eigenvalue weighted by Crippen LogP contribution is -2.15. The summed E-state index contributed by atoms with van der Waals surface area (Å²) in [6.07, 6.45) is 3.27. The molecule has 0 bridgehead atoms. The zero-order valence-electron chi connectivity index (χ0n) is 12.1. The predicted molar refractivity (Wildman–Crippen MR) is 77.9 cm³/mol. The summed E-state index contributed by atoms with van der Waals surface area (Å²) >= 11 is 0. The molecule has 21 heavy (non-hydrogen) atoms. The minimum absolute atomic E-state index is 0.126. The van der Waals surface area contributed by atoms with E-state index in [1.54, 1.807) is 26.4 Å². The van der Waals surface area contributed by atoms with Crippen molar-refractivity contribution in [2.75, 3.05) is 7.11 Å². The molecule has 0 aliphatic rings. The molecular weight excluding hydrogens is 270 g/mol. The maximum Gasteiger partial charge on any atom is 0.213 e. The maximum atomic E-state index is 10.0. The van der Waals surface area contributed by atoms with Gasteiger partial charge in [0.05, 0.1) is 19.4 Å². The van der Waals surface area contributed by atoms with Crippen molar-refractivity contribution in [2.24, 2.45) is 0 Å². The van der Waals surface area contributed by atoms with Gasteiger partial charge >= 0.3 is 0 Å². The number of hydrogen-bond acceptors (Lipinski definition) is 6. The number of aromatic nitrogens is 2. The molecule has 6 heteroatoms. The van der Waals surface area contributed by atoms with Crippen LogP contribution >= 0.6 is 0 Å². The summed E-state index contributed by atoms with van der Waals surface area (Å²) in [5.74, 6) is 0.689. The van der Waals surface area contributed by atoms with E-state index in [9.17, 15) is 10.2 Å². The van der Waals surface area contributed by atoms with Gasteiger partial charge in [0.2, 0.25) is 5.88 Å². The number of rotatable bonds is 6. The monoisotopic (exact) mass is 289 g/mol. The Morgan fingerprint density at radius 1 is 1.29 bits per heavy atom. The quantitative estimate of drug-likeness (QED) is 0.742. The van der Waals surface area contributed by atoms with E-state index in [2.05, 4.69) is 15.3 Å². The second-order valence-electron chi connectivity index (χ2n) is 4.66. The van der Waals surface area contributed by atoms with Gasteiger partial charge in [-0.3, -0.25) is 4.98 Å². The van der Waals surface area contributed by atoms with Gasteiger partial charge in [-0.15, -0.1) is 0 Å². The first-order chi connectivity index (χ1) is 10.2. The van der Waals surface area contributed by atoms with Crippen LogP contribution in [0.3, 0.4) is 0 Å². The van der Waals surface area contributed by atoms with Crippen molar-refractivity contribution >= 4 is 0 Å². The minimum atomic E-state index is -0.152. The molecule has 2 aromatic heterocycles. The van der Waals surface area contributed by atoms with Gasteiger partial charge < -0.3 is 20.3 Å². The topological polar surface area (TPSA) is 87.5 Å². The van der Waals surface area contributed by atoms with E-state index >= 15 is 0 Å². The minimum Gasteiger partial charge on any atom is -0.506 e. The second-order valence-corrected chi connectivity index (χ2v) is 4.66. The number of aliphatic hydroxyl groups is 1. The first-order valence-electron chi connectivity index (χ1n) is 6.62. The summed E-state index contributed by atoms with van der Waals surface area (Å²) in [6, 6.07) is 3.73. The summed E-state index contributed by atoms with van der Waals surface area (Å²) in [4.78, 5) is 8.08. The molecule has 2 heterocycles. The molecule has 0 spiro atoms. The number of pyridine rings is 2. The number of aromatic hydroxyl groups is 1. The largest absolute Gasteiger partial charge is 0.506 e. The van der Waals surface area contributed by atoms with Crippen molar-refractivity contribution in [1.82, 2.24) is 15.3 Å². The van der Waals surface area contributed by atoms with Gasteiger partial charge in [-0.2, -0.15) is 0 Å². The predicted octanol–water partition coefficient (Wildman–Crippen LogP) is 1.28. The standard InChI is InChI=1S/C15H19N3O3/c1-10-15(20)13(12(9-19)7-18-10)8-16-6-11-3-4-17-14(5-11)21-2/h3-5,7,16,19-20H,6,8-9H2,1-2H3. The van der Waals surface area contributed by atoms with E-state index in [4.69, 9.17) is 4.74 Å². The first-order valence-corrected chi connectivity index (χ1v) is 6.62. The molecule has 0 atom stereocenters. The zero-order chi connectivity index (χ0) is 15.2. The number of aryl methyl sites for hydroxylation is 1. The van der Waals surface area contributed by atoms with Gasteiger partial charge in [0, 0.05) is 42.7 Å². The summed E-state index contributed by atoms with van der Waals surface area (Å²) in [5.41, 5.74) is 2.87. The van der Waals surface area contributed by atoms with E-state index in [1.807, 2.05) is 12.1 Å². The molecule has 0 amide bonds. The Morgan fingerprint density at radius 2 is 2.10 bits per heavy atom. The van der Waals surface area contributed by atoms with Crippen molar-refractivity contribution < 1.29 is 14.9 Å². The maximum absolute atomic E-state index is 10.0. The summed E-state index contributed by atoms with van der Waals surface area (Å²) in [5, 5.41) is 22.6. The Morgan fingerprint density at radius 3 is 2.81 bits per heavy atom. The Labute approximate surface area is 123 Å². The third kappa shape index (κ3) is 3.68. The molecule has 0 saturated heterocycles. The molecule has 0 aromatic carbocycles. The number of hydrogen-bond donors (Lipinski definition) is 3. The Bertz CT molecular complexity index is 617. The summed E-state index contributed by atoms with van der Waals surface area (Å²) in [6.45, 7) is 2.62. The van der Waals surface area contributed by atoms with E-state index in [0.717, 1.165) is 5.56 Å². The Hall–Kier alpha value is -2.18. The Balaban J connectivity index is 2.04. The van der Waals surface area contributed by atoms with Crippen LogP contribution in [0, 0.1) is 6.92 Å². The number of methoxy groups -OCH3 is 1. The molecule has 6 nitrogen and oxygen atoms in total. The van der Waals surface area contributed by atoms with Crippen molar-refractivity contribution in [2.45, 2.75) is 26.6 Å². The molecule has 2 aromatic rings. The van der Waals surface area contributed by atoms with E-state index in [-0.39, 0.29) is 12.4 Å². The third-order valence-corrected chi connectivity index (χ3v) is 3.24. The number of ether oxygens (including phenoxy) is 1. The highest BCUT2D eigenvalue weighted by atomic mass is 16.5. The first kappa shape index (κ1) is 15.2. The molecule has 112 valence electrons. The molecule has 0 saturated carbocycles. The van der Waals surface area contributed by atoms with Gasteiger partial charge in [0.1, 0.15) is 5.75 Å². The van der Waals surface area contributed by atoms with Crippen LogP contribution in [0.15, 0.2) is 24.5 Å². The molecular formula is C15H19N3O3. The lowest BCUT2D eigenvalue weighted by Gasteiger charge is -2.12. The van der Waals surface area contributed by atoms with Gasteiger partial charge in [0.25, 0.3) is 0 Å². The van der Waals surface area contributed by atoms with E-state index < -0.39 is 0 Å². The number of nitrogens with one attached hydrogen (secondary N) is 1. The highest BCUT2D eigenvalue weighted by Gasteiger charge is 2.10. The average Bonchev–Trinajstić information content (AvgIpc) is 2.52. The highest BCUT2D eigenvalue weighted by Crippen LogP contribution is 2.23. The van der Waals surface area contributed by atoms with Crippen LogP contribution in [0.5, 0.6) is 11.6 Å².